The lowest BCUT2D eigenvalue weighted by atomic mass is 10.3. The Morgan fingerprint density at radius 3 is 2.50 bits per heavy atom. The summed E-state index contributed by atoms with van der Waals surface area (Å²) in [6.07, 6.45) is 1.71. The summed E-state index contributed by atoms with van der Waals surface area (Å²) in [4.78, 5) is 17.1. The monoisotopic (exact) mass is 292 g/mol. The molecule has 0 aliphatic heterocycles. The Hall–Kier alpha value is -1.15. The van der Waals surface area contributed by atoms with Crippen LogP contribution in [0.5, 0.6) is 0 Å². The first-order valence-electron chi connectivity index (χ1n) is 5.36. The van der Waals surface area contributed by atoms with Crippen molar-refractivity contribution in [1.29, 1.82) is 0 Å². The lowest BCUT2D eigenvalue weighted by Gasteiger charge is -2.14. The minimum atomic E-state index is -3.03. The first-order chi connectivity index (χ1) is 8.24. The van der Waals surface area contributed by atoms with Crippen LogP contribution in [0, 0.1) is 0 Å². The SMILES string of the molecule is CCc1nc(N(C)CCS(C)(=O)=O)sc1C(=O)O. The van der Waals surface area contributed by atoms with Crippen molar-refractivity contribution in [3.8, 4) is 0 Å². The molecule has 18 heavy (non-hydrogen) atoms. The quantitative estimate of drug-likeness (QED) is 0.837. The summed E-state index contributed by atoms with van der Waals surface area (Å²) in [5.74, 6) is -0.973. The number of sulfone groups is 1. The molecule has 0 unspecified atom stereocenters. The zero-order valence-electron chi connectivity index (χ0n) is 10.5. The fourth-order valence-electron chi connectivity index (χ4n) is 1.31. The van der Waals surface area contributed by atoms with Gasteiger partial charge in [-0.05, 0) is 6.42 Å². The van der Waals surface area contributed by atoms with Crippen molar-refractivity contribution in [3.05, 3.63) is 10.6 Å². The third-order valence-electron chi connectivity index (χ3n) is 2.34. The number of hydrogen-bond acceptors (Lipinski definition) is 6. The number of aryl methyl sites for hydroxylation is 1. The van der Waals surface area contributed by atoms with E-state index in [4.69, 9.17) is 5.11 Å². The van der Waals surface area contributed by atoms with Gasteiger partial charge < -0.3 is 10.0 Å². The molecule has 0 saturated heterocycles. The van der Waals surface area contributed by atoms with Gasteiger partial charge >= 0.3 is 5.97 Å². The lowest BCUT2D eigenvalue weighted by Crippen LogP contribution is -2.24. The zero-order chi connectivity index (χ0) is 13.9. The second kappa shape index (κ2) is 5.66. The molecule has 0 aliphatic rings. The van der Waals surface area contributed by atoms with Crippen LogP contribution < -0.4 is 4.90 Å². The molecule has 0 aliphatic carbocycles. The molecule has 102 valence electrons. The van der Waals surface area contributed by atoms with Crippen LogP contribution in [0.1, 0.15) is 22.3 Å². The molecule has 1 rings (SSSR count). The normalized spacial score (nSPS) is 11.5. The summed E-state index contributed by atoms with van der Waals surface area (Å²) in [6.45, 7) is 2.14. The van der Waals surface area contributed by atoms with Gasteiger partial charge in [0.25, 0.3) is 0 Å². The highest BCUT2D eigenvalue weighted by Gasteiger charge is 2.18. The van der Waals surface area contributed by atoms with E-state index in [0.717, 1.165) is 11.3 Å². The Bertz CT molecular complexity index is 536. The number of thiazole rings is 1. The first kappa shape index (κ1) is 14.9. The Kier molecular flexibility index (Phi) is 4.69. The standard InChI is InChI=1S/C10H16N2O4S2/c1-4-7-8(9(13)14)17-10(11-7)12(2)5-6-18(3,15)16/h4-6H2,1-3H3,(H,13,14). The molecule has 0 amide bonds. The van der Waals surface area contributed by atoms with Gasteiger partial charge in [-0.2, -0.15) is 0 Å². The highest BCUT2D eigenvalue weighted by Crippen LogP contribution is 2.26. The van der Waals surface area contributed by atoms with Crippen LogP contribution in [0.4, 0.5) is 5.13 Å². The van der Waals surface area contributed by atoms with Crippen LogP contribution in [0.3, 0.4) is 0 Å². The number of carboxylic acid groups (broad SMARTS) is 1. The van der Waals surface area contributed by atoms with Crippen LogP contribution in [0.2, 0.25) is 0 Å². The maximum Gasteiger partial charge on any atom is 0.347 e. The zero-order valence-corrected chi connectivity index (χ0v) is 12.1. The molecule has 0 aromatic carbocycles. The lowest BCUT2D eigenvalue weighted by molar-refractivity contribution is 0.0701. The van der Waals surface area contributed by atoms with Crippen LogP contribution in [-0.2, 0) is 16.3 Å². The van der Waals surface area contributed by atoms with E-state index >= 15 is 0 Å². The van der Waals surface area contributed by atoms with Crippen LogP contribution in [0.25, 0.3) is 0 Å². The van der Waals surface area contributed by atoms with Gasteiger partial charge in [-0.25, -0.2) is 18.2 Å². The molecule has 0 bridgehead atoms. The number of hydrogen-bond donors (Lipinski definition) is 1. The number of carboxylic acids is 1. The first-order valence-corrected chi connectivity index (χ1v) is 8.24. The van der Waals surface area contributed by atoms with Crippen molar-refractivity contribution in [1.82, 2.24) is 4.98 Å². The van der Waals surface area contributed by atoms with Crippen molar-refractivity contribution in [2.45, 2.75) is 13.3 Å². The molecule has 1 aromatic heterocycles. The van der Waals surface area contributed by atoms with Gasteiger partial charge in [0, 0.05) is 19.8 Å². The average molecular weight is 292 g/mol. The summed E-state index contributed by atoms with van der Waals surface area (Å²) in [7, 11) is -1.33. The molecule has 1 aromatic rings. The Morgan fingerprint density at radius 2 is 2.11 bits per heavy atom. The molecule has 8 heteroatoms. The van der Waals surface area contributed by atoms with Crippen molar-refractivity contribution >= 4 is 32.3 Å². The number of aromatic carboxylic acids is 1. The van der Waals surface area contributed by atoms with Crippen LogP contribution in [0.15, 0.2) is 0 Å². The van der Waals surface area contributed by atoms with Crippen molar-refractivity contribution in [2.24, 2.45) is 0 Å². The fraction of sp³-hybridized carbons (Fsp3) is 0.600. The van der Waals surface area contributed by atoms with Crippen molar-refractivity contribution < 1.29 is 18.3 Å². The topological polar surface area (TPSA) is 87.6 Å². The minimum Gasteiger partial charge on any atom is -0.477 e. The maximum atomic E-state index is 11.1. The van der Waals surface area contributed by atoms with E-state index in [-0.39, 0.29) is 10.6 Å². The number of carbonyl (C=O) groups is 1. The van der Waals surface area contributed by atoms with Gasteiger partial charge in [-0.3, -0.25) is 0 Å². The van der Waals surface area contributed by atoms with Crippen LogP contribution in [-0.4, -0.2) is 50.1 Å². The largest absolute Gasteiger partial charge is 0.477 e. The second-order valence-corrected chi connectivity index (χ2v) is 7.22. The summed E-state index contributed by atoms with van der Waals surface area (Å²) in [6, 6.07) is 0. The van der Waals surface area contributed by atoms with Crippen molar-refractivity contribution in [2.75, 3.05) is 30.5 Å². The molecular formula is C10H16N2O4S2. The summed E-state index contributed by atoms with van der Waals surface area (Å²) < 4.78 is 22.1. The maximum absolute atomic E-state index is 11.1. The summed E-state index contributed by atoms with van der Waals surface area (Å²) >= 11 is 1.07. The Morgan fingerprint density at radius 1 is 1.50 bits per heavy atom. The van der Waals surface area contributed by atoms with Gasteiger partial charge in [0.05, 0.1) is 11.4 Å². The average Bonchev–Trinajstić information content (AvgIpc) is 2.68. The predicted octanol–water partition coefficient (Wildman–Crippen LogP) is 0.885. The Labute approximate surface area is 110 Å². The van der Waals surface area contributed by atoms with E-state index in [0.29, 0.717) is 23.8 Å². The van der Waals surface area contributed by atoms with Gasteiger partial charge in [-0.15, -0.1) is 0 Å². The summed E-state index contributed by atoms with van der Waals surface area (Å²) in [5.41, 5.74) is 0.536. The van der Waals surface area contributed by atoms with Crippen molar-refractivity contribution in [3.63, 3.8) is 0 Å². The fourth-order valence-corrected chi connectivity index (χ4v) is 2.89. The number of aromatic nitrogens is 1. The van der Waals surface area contributed by atoms with Gasteiger partial charge in [0.2, 0.25) is 0 Å². The highest BCUT2D eigenvalue weighted by molar-refractivity contribution is 7.90. The highest BCUT2D eigenvalue weighted by atomic mass is 32.2. The van der Waals surface area contributed by atoms with Gasteiger partial charge in [-0.1, -0.05) is 18.3 Å². The molecule has 0 atom stereocenters. The molecule has 0 spiro atoms. The van der Waals surface area contributed by atoms with Gasteiger partial charge in [0.1, 0.15) is 14.7 Å². The number of anilines is 1. The molecule has 0 fully saturated rings. The predicted molar refractivity (Wildman–Crippen MR) is 71.4 cm³/mol. The third-order valence-corrected chi connectivity index (χ3v) is 4.46. The smallest absolute Gasteiger partial charge is 0.347 e. The van der Waals surface area contributed by atoms with E-state index in [9.17, 15) is 13.2 Å². The second-order valence-electron chi connectivity index (χ2n) is 3.98. The van der Waals surface area contributed by atoms with Gasteiger partial charge in [0.15, 0.2) is 5.13 Å². The molecule has 1 heterocycles. The van der Waals surface area contributed by atoms with E-state index in [1.165, 1.54) is 6.26 Å². The molecular weight excluding hydrogens is 276 g/mol. The molecule has 6 nitrogen and oxygen atoms in total. The third kappa shape index (κ3) is 3.95. The summed E-state index contributed by atoms with van der Waals surface area (Å²) in [5, 5.41) is 9.54. The number of rotatable bonds is 6. The van der Waals surface area contributed by atoms with Crippen LogP contribution >= 0.6 is 11.3 Å². The van der Waals surface area contributed by atoms with E-state index in [2.05, 4.69) is 4.98 Å². The molecule has 0 saturated carbocycles. The molecule has 1 N–H and O–H groups in total. The minimum absolute atomic E-state index is 0.0208. The van der Waals surface area contributed by atoms with E-state index in [1.807, 2.05) is 6.92 Å². The Balaban J connectivity index is 2.86. The molecule has 0 radical (unpaired) electrons. The number of nitrogens with zero attached hydrogens (tertiary/aromatic N) is 2. The van der Waals surface area contributed by atoms with E-state index in [1.54, 1.807) is 11.9 Å². The van der Waals surface area contributed by atoms with E-state index < -0.39 is 15.8 Å².